The monoisotopic (exact) mass is 119 g/mol. The van der Waals surface area contributed by atoms with Crippen molar-refractivity contribution in [1.29, 1.82) is 0 Å². The van der Waals surface area contributed by atoms with E-state index in [4.69, 9.17) is 0 Å². The van der Waals surface area contributed by atoms with E-state index in [1.165, 1.54) is 0 Å². The predicted octanol–water partition coefficient (Wildman–Crippen LogP) is 0.336. The van der Waals surface area contributed by atoms with Crippen LogP contribution in [0.15, 0.2) is 0 Å². The molecule has 0 radical (unpaired) electrons. The molecule has 0 bridgehead atoms. The molecule has 0 aliphatic carbocycles. The van der Waals surface area contributed by atoms with E-state index in [0.717, 1.165) is 0 Å². The summed E-state index contributed by atoms with van der Waals surface area (Å²) in [5.74, 6) is 0. The van der Waals surface area contributed by atoms with E-state index in [2.05, 4.69) is 0 Å². The Morgan fingerprint density at radius 2 is 0.500 bits per heavy atom. The Morgan fingerprint density at radius 3 is 0.500 bits per heavy atom. The Labute approximate surface area is 36.8 Å². The van der Waals surface area contributed by atoms with Crippen molar-refractivity contribution in [2.45, 2.75) is 0 Å². The second-order valence-corrected chi connectivity index (χ2v) is 0. The molecule has 0 spiro atoms. The van der Waals surface area contributed by atoms with Gasteiger partial charge in [-0.15, -0.1) is 0 Å². The summed E-state index contributed by atoms with van der Waals surface area (Å²) >= 11 is 0. The van der Waals surface area contributed by atoms with Gasteiger partial charge in [-0.05, 0) is 0 Å². The van der Waals surface area contributed by atoms with Crippen molar-refractivity contribution in [2.75, 3.05) is 0 Å². The first kappa shape index (κ1) is 60.7. The molecule has 0 aliphatic heterocycles. The van der Waals surface area contributed by atoms with Crippen LogP contribution in [-0.2, 0) is 0 Å². The minimum Gasteiger partial charge on any atom is -0.344 e. The van der Waals surface area contributed by atoms with Gasteiger partial charge in [-0.3, -0.25) is 0 Å². The zero-order chi connectivity index (χ0) is 0. The SMILES string of the molecule is N.P.P.P. The summed E-state index contributed by atoms with van der Waals surface area (Å²) in [6.45, 7) is 0. The molecule has 0 saturated carbocycles. The van der Waals surface area contributed by atoms with Crippen LogP contribution >= 0.6 is 29.7 Å². The molecule has 0 amide bonds. The molecule has 0 saturated heterocycles. The average Bonchev–Trinajstić information content (AvgIpc) is 0. The van der Waals surface area contributed by atoms with Crippen LogP contribution in [0.4, 0.5) is 0 Å². The molecule has 0 aromatic rings. The van der Waals surface area contributed by atoms with Crippen molar-refractivity contribution in [1.82, 2.24) is 6.15 Å². The van der Waals surface area contributed by atoms with Gasteiger partial charge < -0.3 is 6.15 Å². The molecular formula is H12NP3. The van der Waals surface area contributed by atoms with Crippen LogP contribution in [0.2, 0.25) is 0 Å². The molecule has 3 atom stereocenters. The molecule has 4 heteroatoms. The van der Waals surface area contributed by atoms with Crippen molar-refractivity contribution < 1.29 is 0 Å². The maximum Gasteiger partial charge on any atom is -0.153 e. The van der Waals surface area contributed by atoms with E-state index >= 15 is 0 Å². The van der Waals surface area contributed by atoms with Gasteiger partial charge in [-0.2, -0.15) is 29.7 Å². The maximum absolute atomic E-state index is 0. The Morgan fingerprint density at radius 1 is 0.500 bits per heavy atom. The van der Waals surface area contributed by atoms with E-state index in [1.807, 2.05) is 0 Å². The van der Waals surface area contributed by atoms with E-state index in [9.17, 15) is 0 Å². The summed E-state index contributed by atoms with van der Waals surface area (Å²) in [5, 5.41) is 0. The molecule has 4 heavy (non-hydrogen) atoms. The van der Waals surface area contributed by atoms with Crippen LogP contribution in [-0.4, -0.2) is 0 Å². The smallest absolute Gasteiger partial charge is 0.153 e. The fourth-order valence-electron chi connectivity index (χ4n) is 0. The predicted molar refractivity (Wildman–Crippen MR) is 38.3 cm³/mol. The van der Waals surface area contributed by atoms with Crippen LogP contribution in [0.5, 0.6) is 0 Å². The number of rotatable bonds is 0. The van der Waals surface area contributed by atoms with Gasteiger partial charge in [-0.25, -0.2) is 0 Å². The lowest BCUT2D eigenvalue weighted by atomic mass is 14.0. The molecule has 0 aromatic carbocycles. The standard InChI is InChI=1S/H3N.3H3P/h4*1H3. The van der Waals surface area contributed by atoms with Gasteiger partial charge in [0, 0.05) is 0 Å². The zero-order valence-electron chi connectivity index (χ0n) is 2.83. The number of hydrogen-bond acceptors (Lipinski definition) is 1. The highest BCUT2D eigenvalue weighted by Crippen LogP contribution is 0.863. The first-order chi connectivity index (χ1) is 0. The lowest BCUT2D eigenvalue weighted by Gasteiger charge is -0.344. The van der Waals surface area contributed by atoms with Gasteiger partial charge in [0.2, 0.25) is 0 Å². The van der Waals surface area contributed by atoms with Crippen LogP contribution < -0.4 is 6.15 Å². The molecule has 3 unspecified atom stereocenters. The van der Waals surface area contributed by atoms with Gasteiger partial charge in [0.1, 0.15) is 0 Å². The highest BCUT2D eigenvalue weighted by molar-refractivity contribution is 6.92. The Balaban J connectivity index is 0. The van der Waals surface area contributed by atoms with Crippen molar-refractivity contribution in [3.05, 3.63) is 0 Å². The van der Waals surface area contributed by atoms with E-state index in [0.29, 0.717) is 0 Å². The third-order valence-corrected chi connectivity index (χ3v) is 0. The van der Waals surface area contributed by atoms with E-state index < -0.39 is 0 Å². The minimum absolute atomic E-state index is 0. The van der Waals surface area contributed by atoms with Crippen molar-refractivity contribution in [2.24, 2.45) is 0 Å². The lowest BCUT2D eigenvalue weighted by Crippen LogP contribution is -0.481. The third-order valence-electron chi connectivity index (χ3n) is 0. The fraction of sp³-hybridized carbons (Fsp3) is 0. The van der Waals surface area contributed by atoms with Gasteiger partial charge >= 0.3 is 0 Å². The molecule has 0 heterocycles. The third kappa shape index (κ3) is 10.5. The molecule has 0 aliphatic rings. The molecule has 3 N–H and O–H groups in total. The highest BCUT2D eigenvalue weighted by Gasteiger charge is -0.151. The van der Waals surface area contributed by atoms with Crippen LogP contribution in [0.25, 0.3) is 0 Å². The van der Waals surface area contributed by atoms with Crippen molar-refractivity contribution in [3.8, 4) is 0 Å². The van der Waals surface area contributed by atoms with Crippen LogP contribution in [0.1, 0.15) is 0 Å². The summed E-state index contributed by atoms with van der Waals surface area (Å²) in [5.41, 5.74) is 0. The van der Waals surface area contributed by atoms with Gasteiger partial charge in [-0.1, -0.05) is 0 Å². The Bertz CT molecular complexity index is 3.25. The largest absolute Gasteiger partial charge is 0.344 e. The van der Waals surface area contributed by atoms with Crippen molar-refractivity contribution >= 4 is 29.7 Å². The molecule has 1 nitrogen and oxygen atoms in total. The second kappa shape index (κ2) is 28.7. The highest BCUT2D eigenvalue weighted by atomic mass is 31.0. The fourth-order valence-corrected chi connectivity index (χ4v) is 0. The van der Waals surface area contributed by atoms with Gasteiger partial charge in [0.15, 0.2) is 0 Å². The van der Waals surface area contributed by atoms with Gasteiger partial charge in [0.05, 0.1) is 0 Å². The first-order valence-electron chi connectivity index (χ1n) is 0. The number of hydrogen-bond donors (Lipinski definition) is 1. The summed E-state index contributed by atoms with van der Waals surface area (Å²) in [6, 6.07) is 0. The quantitative estimate of drug-likeness (QED) is 0.458. The summed E-state index contributed by atoms with van der Waals surface area (Å²) < 4.78 is 0. The van der Waals surface area contributed by atoms with Crippen molar-refractivity contribution in [3.63, 3.8) is 0 Å². The molecule has 32 valence electrons. The van der Waals surface area contributed by atoms with Crippen LogP contribution in [0, 0.1) is 0 Å². The molecular weight excluding hydrogens is 107 g/mol. The lowest BCUT2D eigenvalue weighted by molar-refractivity contribution is 2.13. The van der Waals surface area contributed by atoms with Crippen LogP contribution in [0.3, 0.4) is 0 Å². The summed E-state index contributed by atoms with van der Waals surface area (Å²) in [7, 11) is 0. The molecule has 0 aromatic heterocycles. The normalized spacial score (nSPS) is 0. The first-order valence-corrected chi connectivity index (χ1v) is 0. The molecule has 0 fully saturated rings. The summed E-state index contributed by atoms with van der Waals surface area (Å²) in [6.07, 6.45) is 0. The zero-order valence-corrected chi connectivity index (χ0v) is 7.07. The van der Waals surface area contributed by atoms with E-state index in [1.54, 1.807) is 0 Å². The topological polar surface area (TPSA) is 35.0 Å². The average molecular weight is 119 g/mol. The second-order valence-electron chi connectivity index (χ2n) is 0. The van der Waals surface area contributed by atoms with Gasteiger partial charge in [0.25, 0.3) is 0 Å². The Hall–Kier alpha value is 1.25. The minimum atomic E-state index is 0. The molecule has 0 rings (SSSR count). The summed E-state index contributed by atoms with van der Waals surface area (Å²) in [4.78, 5) is 0. The maximum atomic E-state index is 0. The van der Waals surface area contributed by atoms with E-state index in [-0.39, 0.29) is 35.8 Å². The Kier molecular flexibility index (Phi) is 436.